The van der Waals surface area contributed by atoms with E-state index in [1.807, 2.05) is 0 Å². The number of carbonyl (C=O) groups is 1. The van der Waals surface area contributed by atoms with E-state index in [2.05, 4.69) is 24.4 Å². The zero-order valence-corrected chi connectivity index (χ0v) is 13.9. The van der Waals surface area contributed by atoms with Gasteiger partial charge in [0.15, 0.2) is 0 Å². The third-order valence-corrected chi connectivity index (χ3v) is 4.77. The Labute approximate surface area is 137 Å². The summed E-state index contributed by atoms with van der Waals surface area (Å²) >= 11 is 0. The predicted molar refractivity (Wildman–Crippen MR) is 92.5 cm³/mol. The van der Waals surface area contributed by atoms with Crippen molar-refractivity contribution < 1.29 is 9.21 Å². The Morgan fingerprint density at radius 2 is 2.13 bits per heavy atom. The topological polar surface area (TPSA) is 68.3 Å². The number of nitrogens with one attached hydrogen (secondary N) is 1. The van der Waals surface area contributed by atoms with Gasteiger partial charge in [-0.1, -0.05) is 19.8 Å². The van der Waals surface area contributed by atoms with Gasteiger partial charge in [-0.05, 0) is 48.9 Å². The van der Waals surface area contributed by atoms with Crippen LogP contribution in [0.5, 0.6) is 0 Å². The molecule has 0 spiro atoms. The monoisotopic (exact) mass is 314 g/mol. The number of unbranched alkanes of at least 4 members (excludes halogenated alkanes) is 1. The molecule has 1 aliphatic carbocycles. The van der Waals surface area contributed by atoms with Crippen molar-refractivity contribution in [1.29, 1.82) is 0 Å². The summed E-state index contributed by atoms with van der Waals surface area (Å²) in [6.45, 7) is 2.64. The van der Waals surface area contributed by atoms with E-state index < -0.39 is 0 Å². The molecule has 1 atom stereocenters. The van der Waals surface area contributed by atoms with Crippen molar-refractivity contribution in [3.05, 3.63) is 35.1 Å². The Hall–Kier alpha value is -1.81. The van der Waals surface area contributed by atoms with Crippen LogP contribution in [0.3, 0.4) is 0 Å². The predicted octanol–water partition coefficient (Wildman–Crippen LogP) is 3.10. The van der Waals surface area contributed by atoms with E-state index in [0.717, 1.165) is 48.6 Å². The minimum Gasteiger partial charge on any atom is -0.464 e. The smallest absolute Gasteiger partial charge is 0.224 e. The summed E-state index contributed by atoms with van der Waals surface area (Å²) in [6, 6.07) is 4.43. The lowest BCUT2D eigenvalue weighted by molar-refractivity contribution is -0.121. The summed E-state index contributed by atoms with van der Waals surface area (Å²) in [7, 11) is 0. The lowest BCUT2D eigenvalue weighted by atomic mass is 10.0. The quantitative estimate of drug-likeness (QED) is 0.825. The molecule has 0 aliphatic heterocycles. The fourth-order valence-corrected chi connectivity index (χ4v) is 3.44. The molecule has 0 saturated heterocycles. The van der Waals surface area contributed by atoms with Crippen molar-refractivity contribution in [2.75, 3.05) is 6.54 Å². The third-order valence-electron chi connectivity index (χ3n) is 4.77. The lowest BCUT2D eigenvalue weighted by Gasteiger charge is -2.16. The minimum atomic E-state index is 0.0275. The average molecular weight is 314 g/mol. The number of hydrogen-bond donors (Lipinski definition) is 2. The number of aryl methyl sites for hydroxylation is 2. The molecule has 0 radical (unpaired) electrons. The van der Waals surface area contributed by atoms with Crippen LogP contribution in [-0.4, -0.2) is 18.5 Å². The fourth-order valence-electron chi connectivity index (χ4n) is 3.44. The van der Waals surface area contributed by atoms with E-state index in [0.29, 0.717) is 13.0 Å². The second-order valence-corrected chi connectivity index (χ2v) is 6.55. The minimum absolute atomic E-state index is 0.0275. The molecule has 1 amide bonds. The van der Waals surface area contributed by atoms with E-state index in [9.17, 15) is 4.79 Å². The van der Waals surface area contributed by atoms with Crippen LogP contribution in [0.2, 0.25) is 0 Å². The van der Waals surface area contributed by atoms with Crippen molar-refractivity contribution >= 4 is 16.9 Å². The van der Waals surface area contributed by atoms with Crippen LogP contribution in [-0.2, 0) is 24.1 Å². The highest BCUT2D eigenvalue weighted by molar-refractivity contribution is 5.88. The molecule has 0 saturated carbocycles. The number of hydrogen-bond acceptors (Lipinski definition) is 3. The van der Waals surface area contributed by atoms with Crippen molar-refractivity contribution in [2.45, 2.75) is 57.9 Å². The maximum Gasteiger partial charge on any atom is 0.224 e. The van der Waals surface area contributed by atoms with Crippen LogP contribution in [0, 0.1) is 0 Å². The Kier molecular flexibility index (Phi) is 5.01. The summed E-state index contributed by atoms with van der Waals surface area (Å²) in [5.41, 5.74) is 10.4. The summed E-state index contributed by atoms with van der Waals surface area (Å²) in [5.74, 6) is 0.0275. The second kappa shape index (κ2) is 7.18. The van der Waals surface area contributed by atoms with E-state index >= 15 is 0 Å². The first-order chi connectivity index (χ1) is 11.2. The van der Waals surface area contributed by atoms with Crippen molar-refractivity contribution in [2.24, 2.45) is 5.73 Å². The molecule has 1 heterocycles. The molecule has 1 aromatic heterocycles. The second-order valence-electron chi connectivity index (χ2n) is 6.55. The Bertz CT molecular complexity index is 690. The Morgan fingerprint density at radius 3 is 2.87 bits per heavy atom. The average Bonchev–Trinajstić information content (AvgIpc) is 3.16. The molecule has 1 unspecified atom stereocenters. The van der Waals surface area contributed by atoms with Gasteiger partial charge < -0.3 is 15.5 Å². The number of nitrogens with two attached hydrogens (primary N) is 1. The highest BCUT2D eigenvalue weighted by Gasteiger charge is 2.17. The van der Waals surface area contributed by atoms with Gasteiger partial charge in [0.2, 0.25) is 5.91 Å². The largest absolute Gasteiger partial charge is 0.464 e. The van der Waals surface area contributed by atoms with Crippen molar-refractivity contribution in [3.8, 4) is 0 Å². The molecular formula is C19H26N2O2. The van der Waals surface area contributed by atoms with Gasteiger partial charge in [0, 0.05) is 23.5 Å². The first-order valence-corrected chi connectivity index (χ1v) is 8.72. The van der Waals surface area contributed by atoms with Gasteiger partial charge in [-0.25, -0.2) is 0 Å². The van der Waals surface area contributed by atoms with Crippen LogP contribution in [0.1, 0.15) is 49.3 Å². The molecule has 4 nitrogen and oxygen atoms in total. The summed E-state index contributed by atoms with van der Waals surface area (Å²) in [4.78, 5) is 12.3. The molecule has 4 heteroatoms. The van der Waals surface area contributed by atoms with E-state index in [1.165, 1.54) is 17.5 Å². The first kappa shape index (κ1) is 16.1. The highest BCUT2D eigenvalue weighted by Crippen LogP contribution is 2.30. The maximum atomic E-state index is 12.3. The van der Waals surface area contributed by atoms with Crippen LogP contribution >= 0.6 is 0 Å². The van der Waals surface area contributed by atoms with Gasteiger partial charge in [-0.3, -0.25) is 4.79 Å². The normalized spacial score (nSPS) is 14.9. The third kappa shape index (κ3) is 3.58. The molecule has 0 fully saturated rings. The molecule has 23 heavy (non-hydrogen) atoms. The van der Waals surface area contributed by atoms with E-state index in [4.69, 9.17) is 10.2 Å². The van der Waals surface area contributed by atoms with Gasteiger partial charge >= 0.3 is 0 Å². The number of benzene rings is 1. The molecular weight excluding hydrogens is 288 g/mol. The summed E-state index contributed by atoms with van der Waals surface area (Å²) < 4.78 is 5.67. The van der Waals surface area contributed by atoms with E-state index in [-0.39, 0.29) is 11.9 Å². The Morgan fingerprint density at radius 1 is 1.35 bits per heavy atom. The van der Waals surface area contributed by atoms with Gasteiger partial charge in [0.1, 0.15) is 5.58 Å². The number of rotatable bonds is 7. The molecule has 0 bridgehead atoms. The number of amides is 1. The van der Waals surface area contributed by atoms with Crippen LogP contribution in [0.25, 0.3) is 11.0 Å². The zero-order valence-electron chi connectivity index (χ0n) is 13.9. The van der Waals surface area contributed by atoms with Gasteiger partial charge in [0.05, 0.1) is 12.7 Å². The molecule has 3 N–H and O–H groups in total. The zero-order chi connectivity index (χ0) is 16.2. The number of furan rings is 1. The fraction of sp³-hybridized carbons (Fsp3) is 0.526. The standard InChI is InChI=1S/C19H26N2O2/c1-2-3-7-16(11-20)21-19(22)10-15-12-23-18-9-14-6-4-5-13(14)8-17(15)18/h8-9,12,16H,2-7,10-11,20H2,1H3,(H,21,22). The van der Waals surface area contributed by atoms with Crippen LogP contribution < -0.4 is 11.1 Å². The van der Waals surface area contributed by atoms with Gasteiger partial charge in [0.25, 0.3) is 0 Å². The van der Waals surface area contributed by atoms with Crippen molar-refractivity contribution in [3.63, 3.8) is 0 Å². The SMILES string of the molecule is CCCCC(CN)NC(=O)Cc1coc2cc3c(cc12)CCC3. The van der Waals surface area contributed by atoms with E-state index in [1.54, 1.807) is 6.26 Å². The Balaban J connectivity index is 1.70. The molecule has 3 rings (SSSR count). The highest BCUT2D eigenvalue weighted by atomic mass is 16.3. The summed E-state index contributed by atoms with van der Waals surface area (Å²) in [6.07, 6.45) is 8.71. The number of carbonyl (C=O) groups excluding carboxylic acids is 1. The van der Waals surface area contributed by atoms with Crippen LogP contribution in [0.4, 0.5) is 0 Å². The van der Waals surface area contributed by atoms with Crippen molar-refractivity contribution in [1.82, 2.24) is 5.32 Å². The number of fused-ring (bicyclic) bond motifs is 2. The summed E-state index contributed by atoms with van der Waals surface area (Å²) in [5, 5.41) is 4.13. The van der Waals surface area contributed by atoms with Gasteiger partial charge in [-0.15, -0.1) is 0 Å². The molecule has 1 aliphatic rings. The van der Waals surface area contributed by atoms with Crippen LogP contribution in [0.15, 0.2) is 22.8 Å². The van der Waals surface area contributed by atoms with Gasteiger partial charge in [-0.2, -0.15) is 0 Å². The maximum absolute atomic E-state index is 12.3. The molecule has 1 aromatic carbocycles. The molecule has 2 aromatic rings. The first-order valence-electron chi connectivity index (χ1n) is 8.72. The lowest BCUT2D eigenvalue weighted by Crippen LogP contribution is -2.40. The molecule has 124 valence electrons.